The molecule has 12 nitrogen and oxygen atoms in total. The summed E-state index contributed by atoms with van der Waals surface area (Å²) in [6.07, 6.45) is 6.10. The topological polar surface area (TPSA) is 185 Å². The molecule has 1 heterocycles. The van der Waals surface area contributed by atoms with Gasteiger partial charge >= 0.3 is 6.03 Å². The Morgan fingerprint density at radius 2 is 1.54 bits per heavy atom. The van der Waals surface area contributed by atoms with Crippen molar-refractivity contribution in [3.8, 4) is 0 Å². The summed E-state index contributed by atoms with van der Waals surface area (Å²) in [5, 5.41) is 8.66. The van der Waals surface area contributed by atoms with Crippen LogP contribution in [0.25, 0.3) is 0 Å². The van der Waals surface area contributed by atoms with Crippen LogP contribution in [0.4, 0.5) is 4.79 Å². The van der Waals surface area contributed by atoms with Gasteiger partial charge in [-0.2, -0.15) is 0 Å². The zero-order valence-electron chi connectivity index (χ0n) is 30.5. The van der Waals surface area contributed by atoms with Crippen molar-refractivity contribution in [2.75, 3.05) is 12.3 Å². The zero-order valence-corrected chi connectivity index (χ0v) is 31.4. The van der Waals surface area contributed by atoms with Gasteiger partial charge < -0.3 is 26.6 Å². The lowest BCUT2D eigenvalue weighted by molar-refractivity contribution is -0.145. The van der Waals surface area contributed by atoms with Crippen LogP contribution >= 0.6 is 0 Å². The SMILES string of the molecule is CC(C)(C)C1CCN(C(=O)[C@@H](NC(=O)NC2(CS(=O)(=O)Cc3ccccc3)CCCCC2)C(C)(C)C)C1C(=O)NC(CC1CC1)C(=O)C(N)=O. The Balaban J connectivity index is 1.55. The fourth-order valence-electron chi connectivity index (χ4n) is 7.67. The fourth-order valence-corrected chi connectivity index (χ4v) is 9.68. The first-order valence-electron chi connectivity index (χ1n) is 18.0. The summed E-state index contributed by atoms with van der Waals surface area (Å²) in [7, 11) is -3.60. The number of hydrogen-bond donors (Lipinski definition) is 4. The van der Waals surface area contributed by atoms with Crippen molar-refractivity contribution in [1.29, 1.82) is 0 Å². The second-order valence-electron chi connectivity index (χ2n) is 17.0. The number of nitrogens with zero attached hydrogens (tertiary/aromatic N) is 1. The van der Waals surface area contributed by atoms with Gasteiger partial charge in [-0.3, -0.25) is 19.2 Å². The number of nitrogens with one attached hydrogen (secondary N) is 3. The second-order valence-corrected chi connectivity index (χ2v) is 19.0. The minimum Gasteiger partial charge on any atom is -0.363 e. The predicted molar refractivity (Wildman–Crippen MR) is 191 cm³/mol. The van der Waals surface area contributed by atoms with Gasteiger partial charge in [-0.25, -0.2) is 13.2 Å². The molecule has 2 aliphatic carbocycles. The molecule has 0 bridgehead atoms. The van der Waals surface area contributed by atoms with Gasteiger partial charge in [-0.1, -0.05) is 104 Å². The van der Waals surface area contributed by atoms with Crippen LogP contribution in [0.2, 0.25) is 0 Å². The molecule has 3 unspecified atom stereocenters. The Bertz CT molecular complexity index is 1520. The molecule has 4 atom stereocenters. The predicted octanol–water partition coefficient (Wildman–Crippen LogP) is 3.62. The summed E-state index contributed by atoms with van der Waals surface area (Å²) in [6, 6.07) is 5.23. The highest BCUT2D eigenvalue weighted by molar-refractivity contribution is 7.90. The van der Waals surface area contributed by atoms with Crippen molar-refractivity contribution in [1.82, 2.24) is 20.9 Å². The summed E-state index contributed by atoms with van der Waals surface area (Å²) >= 11 is 0. The monoisotopic (exact) mass is 715 g/mol. The number of rotatable bonds is 13. The number of Topliss-reactive ketones (excluding diaryl/α,β-unsaturated/α-hetero) is 1. The number of likely N-dealkylation sites (tertiary alicyclic amines) is 1. The molecule has 3 aliphatic rings. The molecular weight excluding hydrogens is 659 g/mol. The van der Waals surface area contributed by atoms with E-state index in [1.54, 1.807) is 24.3 Å². The van der Waals surface area contributed by atoms with Gasteiger partial charge in [0.1, 0.15) is 12.1 Å². The summed E-state index contributed by atoms with van der Waals surface area (Å²) in [5.74, 6) is -3.36. The van der Waals surface area contributed by atoms with Crippen molar-refractivity contribution in [3.63, 3.8) is 0 Å². The lowest BCUT2D eigenvalue weighted by atomic mass is 9.75. The first kappa shape index (κ1) is 39.3. The molecule has 1 aliphatic heterocycles. The molecule has 0 aromatic heterocycles. The maximum atomic E-state index is 14.5. The van der Waals surface area contributed by atoms with Gasteiger partial charge in [0, 0.05) is 6.54 Å². The van der Waals surface area contributed by atoms with E-state index in [4.69, 9.17) is 5.73 Å². The highest BCUT2D eigenvalue weighted by Gasteiger charge is 2.50. The number of sulfone groups is 1. The lowest BCUT2D eigenvalue weighted by Crippen LogP contribution is -2.63. The lowest BCUT2D eigenvalue weighted by Gasteiger charge is -2.41. The minimum atomic E-state index is -3.60. The van der Waals surface area contributed by atoms with Crippen LogP contribution in [0.3, 0.4) is 0 Å². The maximum Gasteiger partial charge on any atom is 0.315 e. The van der Waals surface area contributed by atoms with Crippen LogP contribution in [-0.4, -0.2) is 78.8 Å². The summed E-state index contributed by atoms with van der Waals surface area (Å²) in [4.78, 5) is 68.4. The third kappa shape index (κ3) is 10.3. The van der Waals surface area contributed by atoms with E-state index in [-0.39, 0.29) is 29.9 Å². The third-order valence-corrected chi connectivity index (χ3v) is 12.3. The van der Waals surface area contributed by atoms with E-state index < -0.39 is 73.9 Å². The zero-order chi connectivity index (χ0) is 37.1. The summed E-state index contributed by atoms with van der Waals surface area (Å²) < 4.78 is 26.9. The molecule has 5 amide bonds. The standard InChI is InChI=1S/C37H57N5O7S/c1-35(2,3)26-17-20-42(28(26)32(45)39-27(21-24-15-16-24)29(43)31(38)44)33(46)30(36(4,5)6)40-34(47)41-37(18-11-8-12-19-37)23-50(48,49)22-25-13-9-7-10-14-25/h7,9-10,13-14,24,26-28,30H,8,11-12,15-23H2,1-6H3,(H2,38,44)(H,39,45)(H2,40,41,47)/t26?,27?,28?,30-/m1/s1. The van der Waals surface area contributed by atoms with Crippen LogP contribution in [0.15, 0.2) is 30.3 Å². The van der Waals surface area contributed by atoms with Crippen molar-refractivity contribution in [2.24, 2.45) is 28.4 Å². The van der Waals surface area contributed by atoms with E-state index in [1.165, 1.54) is 4.90 Å². The van der Waals surface area contributed by atoms with Gasteiger partial charge in [0.25, 0.3) is 5.91 Å². The molecule has 278 valence electrons. The van der Waals surface area contributed by atoms with E-state index in [0.29, 0.717) is 31.2 Å². The Labute approximate surface area is 297 Å². The molecule has 2 saturated carbocycles. The minimum absolute atomic E-state index is 0.137. The number of primary amides is 1. The average molecular weight is 716 g/mol. The van der Waals surface area contributed by atoms with Gasteiger partial charge in [-0.15, -0.1) is 0 Å². The Morgan fingerprint density at radius 1 is 0.920 bits per heavy atom. The number of carbonyl (C=O) groups is 5. The summed E-state index contributed by atoms with van der Waals surface area (Å²) in [5.41, 5.74) is 3.84. The second kappa shape index (κ2) is 15.4. The highest BCUT2D eigenvalue weighted by Crippen LogP contribution is 2.40. The molecule has 1 aromatic rings. The maximum absolute atomic E-state index is 14.5. The summed E-state index contributed by atoms with van der Waals surface area (Å²) in [6.45, 7) is 11.7. The highest BCUT2D eigenvalue weighted by atomic mass is 32.2. The number of benzene rings is 1. The largest absolute Gasteiger partial charge is 0.363 e. The normalized spacial score (nSPS) is 22.2. The van der Waals surface area contributed by atoms with E-state index in [9.17, 15) is 32.4 Å². The average Bonchev–Trinajstić information content (AvgIpc) is 3.70. The van der Waals surface area contributed by atoms with Crippen molar-refractivity contribution in [2.45, 2.75) is 129 Å². The smallest absolute Gasteiger partial charge is 0.315 e. The van der Waals surface area contributed by atoms with Crippen molar-refractivity contribution >= 4 is 39.4 Å². The van der Waals surface area contributed by atoms with Gasteiger partial charge in [-0.05, 0) is 53.9 Å². The molecule has 3 fully saturated rings. The van der Waals surface area contributed by atoms with E-state index >= 15 is 0 Å². The third-order valence-electron chi connectivity index (χ3n) is 10.5. The quantitative estimate of drug-likeness (QED) is 0.225. The molecule has 1 saturated heterocycles. The molecule has 5 N–H and O–H groups in total. The number of nitrogens with two attached hydrogens (primary N) is 1. The Hall–Kier alpha value is -3.48. The van der Waals surface area contributed by atoms with E-state index in [2.05, 4.69) is 16.0 Å². The Morgan fingerprint density at radius 3 is 2.08 bits per heavy atom. The molecule has 1 aromatic carbocycles. The number of hydrogen-bond acceptors (Lipinski definition) is 7. The number of carbonyl (C=O) groups excluding carboxylic acids is 5. The van der Waals surface area contributed by atoms with Crippen molar-refractivity contribution < 1.29 is 32.4 Å². The van der Waals surface area contributed by atoms with Crippen LogP contribution in [0.1, 0.15) is 105 Å². The van der Waals surface area contributed by atoms with Gasteiger partial charge in [0.2, 0.25) is 17.6 Å². The van der Waals surface area contributed by atoms with E-state index in [0.717, 1.165) is 32.1 Å². The first-order valence-corrected chi connectivity index (χ1v) is 19.8. The molecule has 13 heteroatoms. The Kier molecular flexibility index (Phi) is 12.1. The van der Waals surface area contributed by atoms with Crippen LogP contribution in [0.5, 0.6) is 0 Å². The number of urea groups is 1. The van der Waals surface area contributed by atoms with Crippen molar-refractivity contribution in [3.05, 3.63) is 35.9 Å². The molecule has 0 spiro atoms. The molecule has 0 radical (unpaired) electrons. The number of ketones is 1. The fraction of sp³-hybridized carbons (Fsp3) is 0.703. The van der Waals surface area contributed by atoms with E-state index in [1.807, 2.05) is 47.6 Å². The van der Waals surface area contributed by atoms with Crippen LogP contribution in [-0.2, 0) is 34.8 Å². The van der Waals surface area contributed by atoms with Crippen LogP contribution in [0, 0.1) is 22.7 Å². The molecule has 50 heavy (non-hydrogen) atoms. The van der Waals surface area contributed by atoms with Crippen LogP contribution < -0.4 is 21.7 Å². The molecule has 4 rings (SSSR count). The first-order chi connectivity index (χ1) is 23.2. The van der Waals surface area contributed by atoms with Gasteiger partial charge in [0.15, 0.2) is 9.84 Å². The number of amides is 5. The molecular formula is C37H57N5O7S. The van der Waals surface area contributed by atoms with Gasteiger partial charge in [0.05, 0.1) is 23.1 Å².